The van der Waals surface area contributed by atoms with E-state index in [1.165, 1.54) is 40.8 Å². The molecule has 0 amide bonds. The minimum Gasteiger partial charge on any atom is -0.504 e. The topological polar surface area (TPSA) is 107 Å². The Morgan fingerprint density at radius 3 is 2.13 bits per heavy atom. The van der Waals surface area contributed by atoms with Gasteiger partial charge in [0.15, 0.2) is 29.3 Å². The molecule has 1 aliphatic heterocycles. The predicted octanol–water partition coefficient (Wildman–Crippen LogP) is 2.15. The van der Waals surface area contributed by atoms with E-state index in [0.717, 1.165) is 0 Å². The maximum atomic E-state index is 12.3. The highest BCUT2D eigenvalue weighted by atomic mass is 16.5. The number of rotatable bonds is 8. The summed E-state index contributed by atoms with van der Waals surface area (Å²) in [6, 6.07) is 6.52. The van der Waals surface area contributed by atoms with E-state index in [2.05, 4.69) is 4.99 Å². The molecule has 0 spiro atoms. The smallest absolute Gasteiger partial charge is 0.222 e. The van der Waals surface area contributed by atoms with Crippen LogP contribution >= 0.6 is 0 Å². The second-order valence-corrected chi connectivity index (χ2v) is 6.40. The summed E-state index contributed by atoms with van der Waals surface area (Å²) in [6.45, 7) is 0. The fourth-order valence-electron chi connectivity index (χ4n) is 3.43. The molecule has 2 unspecified atom stereocenters. The number of benzene rings is 2. The number of ether oxygens (including phenoxy) is 4. The number of carbonyl (C=O) groups excluding carboxylic acids is 2. The van der Waals surface area contributed by atoms with Crippen molar-refractivity contribution in [2.75, 3.05) is 33.3 Å². The molecule has 3 rings (SSSR count). The van der Waals surface area contributed by atoms with Crippen LogP contribution in [0.1, 0.15) is 11.6 Å². The number of ketones is 1. The number of hydrogen-bond acceptors (Lipinski definition) is 9. The van der Waals surface area contributed by atoms with Crippen LogP contribution < -0.4 is 23.8 Å². The number of aliphatic imine (C=N–C) groups is 1. The van der Waals surface area contributed by atoms with Crippen LogP contribution in [0.5, 0.6) is 28.7 Å². The van der Waals surface area contributed by atoms with Crippen LogP contribution in [0.2, 0.25) is 0 Å². The molecule has 9 heteroatoms. The number of phenolic OH excluding ortho intramolecular Hbond substituents is 1. The zero-order valence-electron chi connectivity index (χ0n) is 17.0. The Kier molecular flexibility index (Phi) is 6.10. The Morgan fingerprint density at radius 2 is 1.63 bits per heavy atom. The van der Waals surface area contributed by atoms with Crippen molar-refractivity contribution in [3.63, 3.8) is 0 Å². The van der Waals surface area contributed by atoms with Gasteiger partial charge in [-0.15, -0.1) is 0 Å². The average Bonchev–Trinajstić information content (AvgIpc) is 3.22. The van der Waals surface area contributed by atoms with Gasteiger partial charge in [0.05, 0.1) is 46.5 Å². The maximum absolute atomic E-state index is 12.3. The Morgan fingerprint density at radius 1 is 1.00 bits per heavy atom. The van der Waals surface area contributed by atoms with Gasteiger partial charge in [-0.05, 0) is 17.7 Å². The highest BCUT2D eigenvalue weighted by Gasteiger charge is 2.38. The van der Waals surface area contributed by atoms with Crippen LogP contribution in [-0.2, 0) is 9.59 Å². The predicted molar refractivity (Wildman–Crippen MR) is 109 cm³/mol. The number of nitrogens with zero attached hydrogens (tertiary/aromatic N) is 2. The van der Waals surface area contributed by atoms with Gasteiger partial charge in [0.25, 0.3) is 0 Å². The van der Waals surface area contributed by atoms with Gasteiger partial charge in [-0.25, -0.2) is 0 Å². The molecule has 2 aromatic carbocycles. The van der Waals surface area contributed by atoms with E-state index in [-0.39, 0.29) is 17.8 Å². The van der Waals surface area contributed by atoms with Crippen LogP contribution in [0.15, 0.2) is 35.3 Å². The molecule has 9 nitrogen and oxygen atoms in total. The highest BCUT2D eigenvalue weighted by molar-refractivity contribution is 6.28. The van der Waals surface area contributed by atoms with Crippen molar-refractivity contribution in [3.05, 3.63) is 35.9 Å². The van der Waals surface area contributed by atoms with E-state index in [1.54, 1.807) is 29.2 Å². The van der Waals surface area contributed by atoms with Crippen LogP contribution in [0, 0.1) is 0 Å². The quantitative estimate of drug-likeness (QED) is 0.517. The molecule has 1 heterocycles. The van der Waals surface area contributed by atoms with E-state index in [4.69, 9.17) is 18.9 Å². The first kappa shape index (κ1) is 21.0. The van der Waals surface area contributed by atoms with Crippen molar-refractivity contribution in [1.82, 2.24) is 0 Å². The highest BCUT2D eigenvalue weighted by Crippen LogP contribution is 2.44. The van der Waals surface area contributed by atoms with Crippen molar-refractivity contribution < 1.29 is 33.6 Å². The molecule has 0 fully saturated rings. The third-order valence-electron chi connectivity index (χ3n) is 4.85. The molecule has 30 heavy (non-hydrogen) atoms. The lowest BCUT2D eigenvalue weighted by molar-refractivity contribution is -0.130. The van der Waals surface area contributed by atoms with Gasteiger partial charge >= 0.3 is 0 Å². The molecule has 2 aromatic rings. The summed E-state index contributed by atoms with van der Waals surface area (Å²) < 4.78 is 21.3. The summed E-state index contributed by atoms with van der Waals surface area (Å²) in [4.78, 5) is 29.4. The molecular weight excluding hydrogens is 392 g/mol. The molecule has 1 aliphatic rings. The van der Waals surface area contributed by atoms with Crippen LogP contribution in [0.4, 0.5) is 5.69 Å². The van der Waals surface area contributed by atoms with Gasteiger partial charge < -0.3 is 29.0 Å². The van der Waals surface area contributed by atoms with Gasteiger partial charge in [-0.2, -0.15) is 0 Å². The fraction of sp³-hybridized carbons (Fsp3) is 0.286. The van der Waals surface area contributed by atoms with Crippen molar-refractivity contribution in [2.45, 2.75) is 12.1 Å². The molecule has 0 saturated carbocycles. The lowest BCUT2D eigenvalue weighted by Crippen LogP contribution is -2.33. The Bertz CT molecular complexity index is 964. The SMILES string of the molecule is COc1ccc(C2C(C(=O)C=O)N=CN2c2cc(OC)c(OC)c(OC)c2)cc1O. The summed E-state index contributed by atoms with van der Waals surface area (Å²) in [5.41, 5.74) is 1.16. The van der Waals surface area contributed by atoms with E-state index in [0.29, 0.717) is 28.5 Å². The number of Topliss-reactive ketones (excluding diaryl/α,β-unsaturated/α-hetero) is 1. The molecule has 0 bridgehead atoms. The number of anilines is 1. The number of carbonyl (C=O) groups is 2. The lowest BCUT2D eigenvalue weighted by atomic mass is 9.95. The largest absolute Gasteiger partial charge is 0.504 e. The van der Waals surface area contributed by atoms with Crippen molar-refractivity contribution >= 4 is 24.1 Å². The zero-order chi connectivity index (χ0) is 21.8. The van der Waals surface area contributed by atoms with Gasteiger partial charge in [0.1, 0.15) is 6.04 Å². The van der Waals surface area contributed by atoms with Crippen LogP contribution in [0.25, 0.3) is 0 Å². The van der Waals surface area contributed by atoms with E-state index >= 15 is 0 Å². The average molecular weight is 414 g/mol. The standard InChI is InChI=1S/C21H22N2O7/c1-27-16-6-5-12(7-14(16)25)20-19(15(26)10-24)22-11-23(20)13-8-17(28-2)21(30-4)18(9-13)29-3/h5-11,19-20,25H,1-4H3. The molecule has 158 valence electrons. The second-order valence-electron chi connectivity index (χ2n) is 6.40. The number of hydrogen-bond donors (Lipinski definition) is 1. The number of phenols is 1. The van der Waals surface area contributed by atoms with Gasteiger partial charge in [0, 0.05) is 12.1 Å². The molecular formula is C21H22N2O7. The first-order valence-corrected chi connectivity index (χ1v) is 8.96. The van der Waals surface area contributed by atoms with E-state index in [1.807, 2.05) is 0 Å². The Balaban J connectivity index is 2.13. The van der Waals surface area contributed by atoms with Gasteiger partial charge in [-0.1, -0.05) is 6.07 Å². The Labute approximate surface area is 173 Å². The summed E-state index contributed by atoms with van der Waals surface area (Å²) in [7, 11) is 5.93. The first-order valence-electron chi connectivity index (χ1n) is 8.96. The molecule has 0 aromatic heterocycles. The Hall–Kier alpha value is -3.75. The summed E-state index contributed by atoms with van der Waals surface area (Å²) in [5, 5.41) is 10.2. The van der Waals surface area contributed by atoms with E-state index in [9.17, 15) is 14.7 Å². The molecule has 0 radical (unpaired) electrons. The molecule has 0 saturated heterocycles. The number of aromatic hydroxyl groups is 1. The van der Waals surface area contributed by atoms with Gasteiger partial charge in [-0.3, -0.25) is 14.6 Å². The second kappa shape index (κ2) is 8.73. The monoisotopic (exact) mass is 414 g/mol. The van der Waals surface area contributed by atoms with E-state index < -0.39 is 17.9 Å². The lowest BCUT2D eigenvalue weighted by Gasteiger charge is -2.28. The molecule has 0 aliphatic carbocycles. The minimum atomic E-state index is -0.977. The van der Waals surface area contributed by atoms with Crippen molar-refractivity contribution in [1.29, 1.82) is 0 Å². The third-order valence-corrected chi connectivity index (χ3v) is 4.85. The summed E-state index contributed by atoms with van der Waals surface area (Å²) in [5.74, 6) is 0.767. The minimum absolute atomic E-state index is 0.0935. The third kappa shape index (κ3) is 3.61. The fourth-order valence-corrected chi connectivity index (χ4v) is 3.43. The number of methoxy groups -OCH3 is 4. The summed E-state index contributed by atoms with van der Waals surface area (Å²) in [6.07, 6.45) is 1.72. The maximum Gasteiger partial charge on any atom is 0.222 e. The molecule has 1 N–H and O–H groups in total. The number of aldehydes is 1. The van der Waals surface area contributed by atoms with Crippen LogP contribution in [-0.4, -0.2) is 58.0 Å². The molecule has 2 atom stereocenters. The van der Waals surface area contributed by atoms with Gasteiger partial charge in [0.2, 0.25) is 11.5 Å². The van der Waals surface area contributed by atoms with Crippen LogP contribution in [0.3, 0.4) is 0 Å². The summed E-state index contributed by atoms with van der Waals surface area (Å²) >= 11 is 0. The first-order chi connectivity index (χ1) is 14.5. The zero-order valence-corrected chi connectivity index (χ0v) is 17.0. The van der Waals surface area contributed by atoms with Crippen molar-refractivity contribution in [2.24, 2.45) is 4.99 Å². The van der Waals surface area contributed by atoms with Crippen molar-refractivity contribution in [3.8, 4) is 28.7 Å². The normalized spacial score (nSPS) is 17.5.